The summed E-state index contributed by atoms with van der Waals surface area (Å²) in [7, 11) is 0. The molecule has 1 aromatic rings. The largest absolute Gasteiger partial charge is 0.379 e. The minimum atomic E-state index is -0.303. The summed E-state index contributed by atoms with van der Waals surface area (Å²) in [5.74, 6) is 0.207. The highest BCUT2D eigenvalue weighted by atomic mass is 16.6. The van der Waals surface area contributed by atoms with Gasteiger partial charge in [-0.1, -0.05) is 13.0 Å². The van der Waals surface area contributed by atoms with Crippen LogP contribution >= 0.6 is 0 Å². The van der Waals surface area contributed by atoms with Crippen molar-refractivity contribution in [3.8, 4) is 0 Å². The van der Waals surface area contributed by atoms with Gasteiger partial charge in [-0.15, -0.1) is 0 Å². The summed E-state index contributed by atoms with van der Waals surface area (Å²) in [5.41, 5.74) is 2.58. The van der Waals surface area contributed by atoms with Crippen LogP contribution in [0.3, 0.4) is 0 Å². The minimum Gasteiger partial charge on any atom is -0.379 e. The standard InChI is InChI=1S/C22H33N3O4/c1-2-10-23(11-3-4-12-24-13-15-29-14-9-22(24)26)20-7-5-18-6-8-21(25(27)28)17-19(18)16-20/h6,8,17,20H,2-5,7,9-16H2,1H3. The average Bonchev–Trinajstić information content (AvgIpc) is 2.93. The fourth-order valence-electron chi connectivity index (χ4n) is 4.49. The predicted octanol–water partition coefficient (Wildman–Crippen LogP) is 3.19. The molecule has 7 nitrogen and oxygen atoms in total. The van der Waals surface area contributed by atoms with Crippen LogP contribution in [0.2, 0.25) is 0 Å². The van der Waals surface area contributed by atoms with Gasteiger partial charge in [-0.3, -0.25) is 14.9 Å². The number of aryl methyl sites for hydroxylation is 1. The van der Waals surface area contributed by atoms with Gasteiger partial charge in [0.25, 0.3) is 5.69 Å². The molecule has 3 rings (SSSR count). The number of fused-ring (bicyclic) bond motifs is 1. The monoisotopic (exact) mass is 403 g/mol. The van der Waals surface area contributed by atoms with Crippen LogP contribution in [0.1, 0.15) is 50.2 Å². The molecule has 29 heavy (non-hydrogen) atoms. The highest BCUT2D eigenvalue weighted by Crippen LogP contribution is 2.28. The lowest BCUT2D eigenvalue weighted by molar-refractivity contribution is -0.384. The number of hydrogen-bond acceptors (Lipinski definition) is 5. The third-order valence-corrected chi connectivity index (χ3v) is 6.07. The van der Waals surface area contributed by atoms with Gasteiger partial charge in [0.2, 0.25) is 5.91 Å². The van der Waals surface area contributed by atoms with Gasteiger partial charge < -0.3 is 14.5 Å². The van der Waals surface area contributed by atoms with Crippen LogP contribution in [0.15, 0.2) is 18.2 Å². The molecule has 1 fully saturated rings. The number of carbonyl (C=O) groups is 1. The number of unbranched alkanes of at least 4 members (excludes halogenated alkanes) is 1. The van der Waals surface area contributed by atoms with Crippen LogP contribution in [0.4, 0.5) is 5.69 Å². The van der Waals surface area contributed by atoms with E-state index in [1.165, 1.54) is 5.56 Å². The lowest BCUT2D eigenvalue weighted by atomic mass is 9.87. The van der Waals surface area contributed by atoms with Crippen molar-refractivity contribution in [1.29, 1.82) is 0 Å². The molecule has 1 atom stereocenters. The maximum atomic E-state index is 12.1. The smallest absolute Gasteiger partial charge is 0.269 e. The fourth-order valence-corrected chi connectivity index (χ4v) is 4.49. The van der Waals surface area contributed by atoms with Crippen molar-refractivity contribution < 1.29 is 14.5 Å². The normalized spacial score (nSPS) is 19.9. The van der Waals surface area contributed by atoms with Gasteiger partial charge in [-0.05, 0) is 62.7 Å². The molecule has 2 aliphatic rings. The highest BCUT2D eigenvalue weighted by Gasteiger charge is 2.25. The van der Waals surface area contributed by atoms with Crippen LogP contribution < -0.4 is 0 Å². The molecule has 1 aliphatic heterocycles. The molecular weight excluding hydrogens is 370 g/mol. The summed E-state index contributed by atoms with van der Waals surface area (Å²) in [4.78, 5) is 27.4. The Morgan fingerprint density at radius 2 is 2.07 bits per heavy atom. The number of non-ortho nitro benzene ring substituents is 1. The SMILES string of the molecule is CCCN(CCCCN1CCOCCC1=O)C1CCc2ccc([N+](=O)[O-])cc2C1. The molecule has 1 saturated heterocycles. The Kier molecular flexibility index (Phi) is 8.00. The quantitative estimate of drug-likeness (QED) is 0.360. The highest BCUT2D eigenvalue weighted by molar-refractivity contribution is 5.76. The number of benzene rings is 1. The first kappa shape index (κ1) is 21.7. The zero-order chi connectivity index (χ0) is 20.6. The Morgan fingerprint density at radius 1 is 1.21 bits per heavy atom. The number of nitrogens with zero attached hydrogens (tertiary/aromatic N) is 3. The Bertz CT molecular complexity index is 709. The predicted molar refractivity (Wildman–Crippen MR) is 112 cm³/mol. The van der Waals surface area contributed by atoms with Gasteiger partial charge in [-0.2, -0.15) is 0 Å². The first-order valence-corrected chi connectivity index (χ1v) is 10.9. The van der Waals surface area contributed by atoms with Crippen molar-refractivity contribution in [3.05, 3.63) is 39.4 Å². The van der Waals surface area contributed by atoms with E-state index >= 15 is 0 Å². The number of carbonyl (C=O) groups excluding carboxylic acids is 1. The third-order valence-electron chi connectivity index (χ3n) is 6.07. The second kappa shape index (κ2) is 10.7. The van der Waals surface area contributed by atoms with Gasteiger partial charge >= 0.3 is 0 Å². The zero-order valence-electron chi connectivity index (χ0n) is 17.5. The van der Waals surface area contributed by atoms with Gasteiger partial charge in [0, 0.05) is 31.3 Å². The molecule has 0 aromatic heterocycles. The second-order valence-corrected chi connectivity index (χ2v) is 8.09. The Morgan fingerprint density at radius 3 is 2.86 bits per heavy atom. The molecule has 1 unspecified atom stereocenters. The zero-order valence-corrected chi connectivity index (χ0v) is 17.5. The van der Waals surface area contributed by atoms with Crippen molar-refractivity contribution in [2.75, 3.05) is 39.4 Å². The molecule has 0 spiro atoms. The molecular formula is C22H33N3O4. The Balaban J connectivity index is 1.52. The molecule has 1 aliphatic carbocycles. The summed E-state index contributed by atoms with van der Waals surface area (Å²) in [6, 6.07) is 5.75. The number of hydrogen-bond donors (Lipinski definition) is 0. The molecule has 7 heteroatoms. The van der Waals surface area contributed by atoms with Crippen molar-refractivity contribution in [2.24, 2.45) is 0 Å². The average molecular weight is 404 g/mol. The summed E-state index contributed by atoms with van der Waals surface area (Å²) in [6.07, 6.45) is 6.63. The van der Waals surface area contributed by atoms with Crippen LogP contribution in [0, 0.1) is 10.1 Å². The van der Waals surface area contributed by atoms with Crippen molar-refractivity contribution in [2.45, 2.75) is 57.9 Å². The number of amides is 1. The topological polar surface area (TPSA) is 75.9 Å². The third kappa shape index (κ3) is 6.00. The Labute approximate surface area is 173 Å². The first-order chi connectivity index (χ1) is 14.1. The first-order valence-electron chi connectivity index (χ1n) is 10.9. The summed E-state index contributed by atoms with van der Waals surface area (Å²) in [6.45, 7) is 6.96. The number of nitro groups is 1. The van der Waals surface area contributed by atoms with Crippen LogP contribution in [0.25, 0.3) is 0 Å². The summed E-state index contributed by atoms with van der Waals surface area (Å²) in [5, 5.41) is 11.1. The van der Waals surface area contributed by atoms with E-state index in [1.54, 1.807) is 12.1 Å². The lowest BCUT2D eigenvalue weighted by Crippen LogP contribution is -2.41. The fraction of sp³-hybridized carbons (Fsp3) is 0.682. The molecule has 160 valence electrons. The number of ether oxygens (including phenoxy) is 1. The van der Waals surface area contributed by atoms with E-state index in [-0.39, 0.29) is 16.5 Å². The summed E-state index contributed by atoms with van der Waals surface area (Å²) >= 11 is 0. The van der Waals surface area contributed by atoms with E-state index in [9.17, 15) is 14.9 Å². The molecule has 1 aromatic carbocycles. The molecule has 0 N–H and O–H groups in total. The Hall–Kier alpha value is -1.99. The van der Waals surface area contributed by atoms with E-state index in [4.69, 9.17) is 4.74 Å². The van der Waals surface area contributed by atoms with Gasteiger partial charge in [0.05, 0.1) is 24.6 Å². The van der Waals surface area contributed by atoms with Crippen molar-refractivity contribution in [1.82, 2.24) is 9.80 Å². The molecule has 1 amide bonds. The van der Waals surface area contributed by atoms with Crippen molar-refractivity contribution >= 4 is 11.6 Å². The minimum absolute atomic E-state index is 0.192. The second-order valence-electron chi connectivity index (χ2n) is 8.09. The van der Waals surface area contributed by atoms with Crippen molar-refractivity contribution in [3.63, 3.8) is 0 Å². The number of nitro benzene ring substituents is 1. The van der Waals surface area contributed by atoms with E-state index in [0.29, 0.717) is 32.2 Å². The van der Waals surface area contributed by atoms with E-state index in [2.05, 4.69) is 11.8 Å². The molecule has 1 heterocycles. The lowest BCUT2D eigenvalue weighted by Gasteiger charge is -2.35. The van der Waals surface area contributed by atoms with Gasteiger partial charge in [0.1, 0.15) is 0 Å². The number of rotatable bonds is 9. The maximum absolute atomic E-state index is 12.1. The maximum Gasteiger partial charge on any atom is 0.269 e. The van der Waals surface area contributed by atoms with Crippen LogP contribution in [-0.4, -0.2) is 66.1 Å². The molecule has 0 saturated carbocycles. The van der Waals surface area contributed by atoms with E-state index in [1.807, 2.05) is 11.0 Å². The van der Waals surface area contributed by atoms with Crippen LogP contribution in [0.5, 0.6) is 0 Å². The van der Waals surface area contributed by atoms with E-state index in [0.717, 1.165) is 63.7 Å². The van der Waals surface area contributed by atoms with Gasteiger partial charge in [-0.25, -0.2) is 0 Å². The summed E-state index contributed by atoms with van der Waals surface area (Å²) < 4.78 is 5.39. The van der Waals surface area contributed by atoms with E-state index < -0.39 is 0 Å². The molecule has 0 radical (unpaired) electrons. The molecule has 0 bridgehead atoms. The van der Waals surface area contributed by atoms with Crippen LogP contribution in [-0.2, 0) is 22.4 Å². The van der Waals surface area contributed by atoms with Gasteiger partial charge in [0.15, 0.2) is 0 Å².